The van der Waals surface area contributed by atoms with Crippen molar-refractivity contribution in [3.8, 4) is 11.3 Å². The van der Waals surface area contributed by atoms with Gasteiger partial charge in [-0.05, 0) is 19.1 Å². The number of halogens is 1. The van der Waals surface area contributed by atoms with Gasteiger partial charge in [0.2, 0.25) is 0 Å². The SMILES string of the molecule is Cc1sc(C(C)CN)nc1-c1ccc(Br)cc1. The summed E-state index contributed by atoms with van der Waals surface area (Å²) in [7, 11) is 0. The molecule has 0 aliphatic heterocycles. The summed E-state index contributed by atoms with van der Waals surface area (Å²) in [5, 5.41) is 1.13. The molecule has 0 bridgehead atoms. The van der Waals surface area contributed by atoms with Crippen molar-refractivity contribution in [2.45, 2.75) is 19.8 Å². The minimum Gasteiger partial charge on any atom is -0.330 e. The van der Waals surface area contributed by atoms with Crippen LogP contribution in [-0.2, 0) is 0 Å². The largest absolute Gasteiger partial charge is 0.330 e. The van der Waals surface area contributed by atoms with E-state index in [2.05, 4.69) is 41.9 Å². The third kappa shape index (κ3) is 2.76. The maximum atomic E-state index is 5.68. The van der Waals surface area contributed by atoms with Crippen molar-refractivity contribution in [3.05, 3.63) is 38.6 Å². The molecule has 2 nitrogen and oxygen atoms in total. The van der Waals surface area contributed by atoms with Gasteiger partial charge in [-0.3, -0.25) is 0 Å². The summed E-state index contributed by atoms with van der Waals surface area (Å²) in [5.74, 6) is 0.336. The number of nitrogens with zero attached hydrogens (tertiary/aromatic N) is 1. The minimum atomic E-state index is 0.336. The molecule has 2 aromatic rings. The molecule has 0 amide bonds. The van der Waals surface area contributed by atoms with Crippen LogP contribution in [0.25, 0.3) is 11.3 Å². The van der Waals surface area contributed by atoms with E-state index in [9.17, 15) is 0 Å². The quantitative estimate of drug-likeness (QED) is 0.932. The summed E-state index contributed by atoms with van der Waals surface area (Å²) in [6.45, 7) is 4.87. The van der Waals surface area contributed by atoms with Gasteiger partial charge in [-0.25, -0.2) is 4.98 Å². The number of nitrogens with two attached hydrogens (primary N) is 1. The van der Waals surface area contributed by atoms with E-state index in [4.69, 9.17) is 10.7 Å². The molecular weight excluding hydrogens is 296 g/mol. The summed E-state index contributed by atoms with van der Waals surface area (Å²) in [4.78, 5) is 5.96. The zero-order valence-corrected chi connectivity index (χ0v) is 12.3. The van der Waals surface area contributed by atoms with Crippen LogP contribution in [0.5, 0.6) is 0 Å². The molecule has 4 heteroatoms. The number of benzene rings is 1. The summed E-state index contributed by atoms with van der Waals surface area (Å²) in [5.41, 5.74) is 7.93. The lowest BCUT2D eigenvalue weighted by Gasteiger charge is -2.02. The maximum absolute atomic E-state index is 5.68. The minimum absolute atomic E-state index is 0.336. The summed E-state index contributed by atoms with van der Waals surface area (Å²) in [6, 6.07) is 8.26. The molecule has 1 unspecified atom stereocenters. The third-order valence-corrected chi connectivity index (χ3v) is 4.44. The van der Waals surface area contributed by atoms with Crippen molar-refractivity contribution in [1.82, 2.24) is 4.98 Å². The predicted octanol–water partition coefficient (Wildman–Crippen LogP) is 3.94. The van der Waals surface area contributed by atoms with Crippen LogP contribution in [0.15, 0.2) is 28.7 Å². The van der Waals surface area contributed by atoms with Crippen LogP contribution in [0.2, 0.25) is 0 Å². The highest BCUT2D eigenvalue weighted by molar-refractivity contribution is 9.10. The highest BCUT2D eigenvalue weighted by atomic mass is 79.9. The zero-order valence-electron chi connectivity index (χ0n) is 9.90. The molecule has 1 aromatic carbocycles. The van der Waals surface area contributed by atoms with Gasteiger partial charge in [0.05, 0.1) is 10.7 Å². The van der Waals surface area contributed by atoms with Gasteiger partial charge in [0, 0.05) is 27.4 Å². The van der Waals surface area contributed by atoms with Crippen LogP contribution in [0.1, 0.15) is 22.7 Å². The van der Waals surface area contributed by atoms with E-state index < -0.39 is 0 Å². The van der Waals surface area contributed by atoms with Gasteiger partial charge >= 0.3 is 0 Å². The number of rotatable bonds is 3. The van der Waals surface area contributed by atoms with Gasteiger partial charge in [0.15, 0.2) is 0 Å². The molecule has 0 fully saturated rings. The van der Waals surface area contributed by atoms with Gasteiger partial charge in [-0.1, -0.05) is 35.0 Å². The van der Waals surface area contributed by atoms with Gasteiger partial charge in [-0.15, -0.1) is 11.3 Å². The normalized spacial score (nSPS) is 12.7. The van der Waals surface area contributed by atoms with Crippen LogP contribution in [0.3, 0.4) is 0 Å². The van der Waals surface area contributed by atoms with E-state index in [1.807, 2.05) is 12.1 Å². The Bertz CT molecular complexity index is 505. The molecule has 2 N–H and O–H groups in total. The number of aryl methyl sites for hydroxylation is 1. The Morgan fingerprint density at radius 1 is 1.35 bits per heavy atom. The van der Waals surface area contributed by atoms with E-state index in [1.54, 1.807) is 11.3 Å². The summed E-state index contributed by atoms with van der Waals surface area (Å²) < 4.78 is 1.09. The van der Waals surface area contributed by atoms with Crippen molar-refractivity contribution in [3.63, 3.8) is 0 Å². The second kappa shape index (κ2) is 5.29. The molecule has 0 radical (unpaired) electrons. The first-order valence-corrected chi connectivity index (χ1v) is 7.16. The molecule has 1 atom stereocenters. The molecule has 0 saturated carbocycles. The van der Waals surface area contributed by atoms with Gasteiger partial charge in [0.1, 0.15) is 0 Å². The molecule has 0 spiro atoms. The van der Waals surface area contributed by atoms with Gasteiger partial charge in [0.25, 0.3) is 0 Å². The lowest BCUT2D eigenvalue weighted by atomic mass is 10.1. The zero-order chi connectivity index (χ0) is 12.4. The molecule has 1 aromatic heterocycles. The van der Waals surface area contributed by atoms with Crippen LogP contribution in [-0.4, -0.2) is 11.5 Å². The predicted molar refractivity (Wildman–Crippen MR) is 77.5 cm³/mol. The van der Waals surface area contributed by atoms with Crippen molar-refractivity contribution in [2.24, 2.45) is 5.73 Å². The Labute approximate surface area is 114 Å². The van der Waals surface area contributed by atoms with E-state index in [1.165, 1.54) is 4.88 Å². The molecule has 90 valence electrons. The standard InChI is InChI=1S/C13H15BrN2S/c1-8(7-15)13-16-12(9(2)17-13)10-3-5-11(14)6-4-10/h3-6,8H,7,15H2,1-2H3. The monoisotopic (exact) mass is 310 g/mol. The van der Waals surface area contributed by atoms with Crippen molar-refractivity contribution >= 4 is 27.3 Å². The lowest BCUT2D eigenvalue weighted by Crippen LogP contribution is -2.08. The molecule has 17 heavy (non-hydrogen) atoms. The molecule has 0 aliphatic rings. The fraction of sp³-hybridized carbons (Fsp3) is 0.308. The van der Waals surface area contributed by atoms with Crippen molar-refractivity contribution in [1.29, 1.82) is 0 Å². The van der Waals surface area contributed by atoms with E-state index >= 15 is 0 Å². The lowest BCUT2D eigenvalue weighted by molar-refractivity contribution is 0.766. The second-order valence-corrected chi connectivity index (χ2v) is 6.25. The second-order valence-electron chi connectivity index (χ2n) is 4.10. The summed E-state index contributed by atoms with van der Waals surface area (Å²) in [6.07, 6.45) is 0. The van der Waals surface area contributed by atoms with Crippen LogP contribution < -0.4 is 5.73 Å². The number of thiazole rings is 1. The Morgan fingerprint density at radius 3 is 2.59 bits per heavy atom. The van der Waals surface area contributed by atoms with E-state index in [-0.39, 0.29) is 0 Å². The highest BCUT2D eigenvalue weighted by Crippen LogP contribution is 2.31. The topological polar surface area (TPSA) is 38.9 Å². The fourth-order valence-corrected chi connectivity index (χ4v) is 2.88. The first-order valence-electron chi connectivity index (χ1n) is 5.55. The first kappa shape index (κ1) is 12.7. The van der Waals surface area contributed by atoms with Crippen molar-refractivity contribution < 1.29 is 0 Å². The average molecular weight is 311 g/mol. The van der Waals surface area contributed by atoms with Crippen LogP contribution >= 0.6 is 27.3 Å². The Morgan fingerprint density at radius 2 is 2.00 bits per heavy atom. The molecule has 2 rings (SSSR count). The van der Waals surface area contributed by atoms with Gasteiger partial charge < -0.3 is 5.73 Å². The van der Waals surface area contributed by atoms with E-state index in [0.29, 0.717) is 12.5 Å². The fourth-order valence-electron chi connectivity index (χ4n) is 1.60. The third-order valence-electron chi connectivity index (χ3n) is 2.71. The van der Waals surface area contributed by atoms with Crippen LogP contribution in [0, 0.1) is 6.92 Å². The molecular formula is C13H15BrN2S. The number of hydrogen-bond acceptors (Lipinski definition) is 3. The number of hydrogen-bond donors (Lipinski definition) is 1. The van der Waals surface area contributed by atoms with Crippen molar-refractivity contribution in [2.75, 3.05) is 6.54 Å². The van der Waals surface area contributed by atoms with Crippen LogP contribution in [0.4, 0.5) is 0 Å². The maximum Gasteiger partial charge on any atom is 0.0976 e. The van der Waals surface area contributed by atoms with E-state index in [0.717, 1.165) is 20.7 Å². The number of aromatic nitrogens is 1. The Kier molecular flexibility index (Phi) is 3.97. The first-order chi connectivity index (χ1) is 8.11. The average Bonchev–Trinajstić information content (AvgIpc) is 2.71. The smallest absolute Gasteiger partial charge is 0.0976 e. The molecule has 0 aliphatic carbocycles. The Balaban J connectivity index is 2.39. The molecule has 0 saturated heterocycles. The Hall–Kier alpha value is -0.710. The highest BCUT2D eigenvalue weighted by Gasteiger charge is 2.13. The van der Waals surface area contributed by atoms with Gasteiger partial charge in [-0.2, -0.15) is 0 Å². The molecule has 1 heterocycles. The summed E-state index contributed by atoms with van der Waals surface area (Å²) >= 11 is 5.19.